The van der Waals surface area contributed by atoms with Crippen LogP contribution in [0.1, 0.15) is 0 Å². The third-order valence-electron chi connectivity index (χ3n) is 9.69. The van der Waals surface area contributed by atoms with Gasteiger partial charge in [0.15, 0.2) is 0 Å². The van der Waals surface area contributed by atoms with Gasteiger partial charge in [0, 0.05) is 177 Å². The molecule has 0 saturated carbocycles. The maximum absolute atomic E-state index is 10.8. The van der Waals surface area contributed by atoms with Gasteiger partial charge in [-0.1, -0.05) is 0 Å². The van der Waals surface area contributed by atoms with Crippen molar-refractivity contribution in [1.29, 1.82) is 0 Å². The summed E-state index contributed by atoms with van der Waals surface area (Å²) in [4.78, 5) is 169. The van der Waals surface area contributed by atoms with Crippen molar-refractivity contribution >= 4 is 219 Å². The number of rotatable bonds is 48. The summed E-state index contributed by atoms with van der Waals surface area (Å²) in [5.74, 6) is -23.0. The molecule has 86 heavy (non-hydrogen) atoms. The topological polar surface area (TPSA) is 631 Å². The van der Waals surface area contributed by atoms with Crippen molar-refractivity contribution in [3.05, 3.63) is 0 Å². The first-order chi connectivity index (χ1) is 37.5. The smallest absolute Gasteiger partial charge is 0.549 e. The molecule has 0 rings (SSSR count). The molecule has 0 atom stereocenters. The van der Waals surface area contributed by atoms with Crippen LogP contribution in [-0.4, -0.2) is 440 Å². The Morgan fingerprint density at radius 1 is 0.140 bits per heavy atom. The van der Waals surface area contributed by atoms with E-state index in [1.165, 1.54) is 14.7 Å². The van der Waals surface area contributed by atoms with E-state index in [1.54, 1.807) is 0 Å². The summed E-state index contributed by atoms with van der Waals surface area (Å²) >= 11 is 0. The fourth-order valence-electron chi connectivity index (χ4n) is 6.53. The number of carboxylic acid groups (broad SMARTS) is 15. The number of hydrogen-bond donors (Lipinski definition) is 0. The molecule has 0 radical (unpaired) electrons. The van der Waals surface area contributed by atoms with Gasteiger partial charge < -0.3 is 149 Å². The third-order valence-corrected chi connectivity index (χ3v) is 9.69. The third kappa shape index (κ3) is 67.5. The van der Waals surface area contributed by atoms with Crippen molar-refractivity contribution < 1.29 is 149 Å². The maximum Gasteiger partial charge on any atom is 3.00 e. The summed E-state index contributed by atoms with van der Waals surface area (Å²) < 4.78 is 0. The average Bonchev–Trinajstić information content (AvgIpc) is 3.26. The van der Waals surface area contributed by atoms with Gasteiger partial charge in [0.25, 0.3) is 0 Å². The first-order valence-electron chi connectivity index (χ1n) is 23.0. The molecule has 0 aliphatic carbocycles. The minimum absolute atomic E-state index is 0. The van der Waals surface area contributed by atoms with E-state index < -0.39 is 188 Å². The van der Waals surface area contributed by atoms with Crippen LogP contribution in [0.5, 0.6) is 0 Å². The first-order valence-corrected chi connectivity index (χ1v) is 23.0. The van der Waals surface area contributed by atoms with Crippen LogP contribution in [0.3, 0.4) is 0 Å². The molecule has 0 fully saturated rings. The van der Waals surface area contributed by atoms with E-state index in [2.05, 4.69) is 0 Å². The molecular formula is C42H54In5N9O30. The molecule has 0 amide bonds. The molecule has 0 saturated heterocycles. The van der Waals surface area contributed by atoms with Crippen molar-refractivity contribution in [2.24, 2.45) is 0 Å². The van der Waals surface area contributed by atoms with Crippen LogP contribution < -0.4 is 76.6 Å². The predicted octanol–water partition coefficient (Wildman–Crippen LogP) is -30.0. The van der Waals surface area contributed by atoms with Crippen molar-refractivity contribution in [3.63, 3.8) is 0 Å². The fourth-order valence-corrected chi connectivity index (χ4v) is 6.53. The quantitative estimate of drug-likeness (QED) is 0.0546. The Hall–Kier alpha value is -3.96. The van der Waals surface area contributed by atoms with Crippen molar-refractivity contribution in [2.75, 3.05) is 177 Å². The number of hydrogen-bond acceptors (Lipinski definition) is 39. The second-order valence-corrected chi connectivity index (χ2v) is 16.7. The van der Waals surface area contributed by atoms with Crippen LogP contribution in [0.4, 0.5) is 0 Å². The van der Waals surface area contributed by atoms with Crippen LogP contribution >= 0.6 is 0 Å². The van der Waals surface area contributed by atoms with E-state index in [9.17, 15) is 149 Å². The minimum atomic E-state index is -1.54. The zero-order valence-corrected chi connectivity index (χ0v) is 62.2. The molecule has 39 nitrogen and oxygen atoms in total. The van der Waals surface area contributed by atoms with Crippen molar-refractivity contribution in [3.8, 4) is 0 Å². The largest absolute Gasteiger partial charge is 3.00 e. The minimum Gasteiger partial charge on any atom is -0.549 e. The molecule has 0 spiro atoms. The molecule has 0 aliphatic heterocycles. The summed E-state index contributed by atoms with van der Waals surface area (Å²) in [6.07, 6.45) is 0. The normalized spacial score (nSPS) is 10.4. The summed E-state index contributed by atoms with van der Waals surface area (Å²) in [5.41, 5.74) is 0. The van der Waals surface area contributed by atoms with E-state index in [0.29, 0.717) is 0 Å². The van der Waals surface area contributed by atoms with Crippen LogP contribution in [0.2, 0.25) is 0 Å². The van der Waals surface area contributed by atoms with Crippen molar-refractivity contribution in [2.45, 2.75) is 0 Å². The summed E-state index contributed by atoms with van der Waals surface area (Å²) in [6.45, 7) is -12.5. The average molecular weight is 1740 g/mol. The van der Waals surface area contributed by atoms with Crippen molar-refractivity contribution in [1.82, 2.24) is 44.1 Å². The Morgan fingerprint density at radius 3 is 0.267 bits per heavy atom. The molecule has 0 unspecified atom stereocenters. The zero-order chi connectivity index (χ0) is 62.9. The fraction of sp³-hybridized carbons (Fsp3) is 0.643. The Bertz CT molecular complexity index is 1700. The summed E-state index contributed by atoms with van der Waals surface area (Å²) in [6, 6.07) is 0. The predicted molar refractivity (Wildman–Crippen MR) is 252 cm³/mol. The Labute approximate surface area is 582 Å². The van der Waals surface area contributed by atoms with Gasteiger partial charge in [-0.15, -0.1) is 0 Å². The number of nitrogens with zero attached hydrogens (tertiary/aromatic N) is 9. The number of carbonyl (C=O) groups excluding carboxylic acids is 15. The first kappa shape index (κ1) is 98.3. The second kappa shape index (κ2) is 57.5. The molecule has 0 bridgehead atoms. The van der Waals surface area contributed by atoms with Gasteiger partial charge in [0.1, 0.15) is 0 Å². The van der Waals surface area contributed by atoms with Gasteiger partial charge in [-0.05, 0) is 0 Å². The van der Waals surface area contributed by atoms with Crippen LogP contribution in [0, 0.1) is 0 Å². The molecule has 0 aromatic rings. The summed E-state index contributed by atoms with van der Waals surface area (Å²) in [7, 11) is 0. The van der Waals surface area contributed by atoms with Gasteiger partial charge in [-0.2, -0.15) is 0 Å². The monoisotopic (exact) mass is 1740 g/mol. The molecule has 0 aromatic heterocycles. The van der Waals surface area contributed by atoms with Gasteiger partial charge in [-0.25, -0.2) is 0 Å². The number of aliphatic carboxylic acids is 15. The van der Waals surface area contributed by atoms with Gasteiger partial charge in [-0.3, -0.25) is 44.1 Å². The van der Waals surface area contributed by atoms with E-state index in [1.807, 2.05) is 0 Å². The molecule has 0 N–H and O–H groups in total. The SMILES string of the molecule is O=C([O-])CN(CCN(CC(=O)[O-])CC(=O)[O-])CCN(CC(=O)[O-])CC(=O)[O-].O=C([O-])CN(CCN(CC(=O)[O-])CC(=O)[O-])CCN(CC(=O)[O-])CC(=O)[O-].O=C([O-])CN(CCN(CC(=O)[O-])CC(=O)[O-])CCN(CC(=O)[O-])CC(=O)[O-].[In+3].[In+3].[In+3].[In+3].[In+3]. The maximum atomic E-state index is 10.8. The Kier molecular flexibility index (Phi) is 65.7. The van der Waals surface area contributed by atoms with Gasteiger partial charge in [0.2, 0.25) is 0 Å². The van der Waals surface area contributed by atoms with Gasteiger partial charge in [0.05, 0.1) is 89.5 Å². The van der Waals surface area contributed by atoms with E-state index >= 15 is 0 Å². The number of carboxylic acids is 15. The van der Waals surface area contributed by atoms with E-state index in [0.717, 1.165) is 29.4 Å². The Morgan fingerprint density at radius 2 is 0.198 bits per heavy atom. The molecule has 0 aromatic carbocycles. The summed E-state index contributed by atoms with van der Waals surface area (Å²) in [5, 5.41) is 160. The molecular weight excluding hydrogens is 1680 g/mol. The molecule has 462 valence electrons. The van der Waals surface area contributed by atoms with Crippen LogP contribution in [0.25, 0.3) is 0 Å². The standard InChI is InChI=1S/3C14H23N3O10.5In/c3*18-10(19)5-15(1-3-16(6-11(20)21)7-12(22)23)2-4-17(8-13(24)25)9-14(26)27;;;;;/h3*1-9H2,(H,18,19)(H,20,21)(H,22,23)(H,24,25)(H,26,27);;;;;/q;;;5*+3/p-15. The van der Waals surface area contributed by atoms with Crippen LogP contribution in [-0.2, 0) is 71.9 Å². The number of carbonyl (C=O) groups is 15. The Balaban J connectivity index is -0.000000172. The van der Waals surface area contributed by atoms with E-state index in [-0.39, 0.29) is 208 Å². The molecule has 0 heterocycles. The molecule has 44 heteroatoms. The van der Waals surface area contributed by atoms with Crippen LogP contribution in [0.15, 0.2) is 0 Å². The van der Waals surface area contributed by atoms with E-state index in [4.69, 9.17) is 0 Å². The van der Waals surface area contributed by atoms with Gasteiger partial charge >= 0.3 is 129 Å². The zero-order valence-electron chi connectivity index (χ0n) is 45.8. The second-order valence-electron chi connectivity index (χ2n) is 16.7. The molecule has 0 aliphatic rings.